The monoisotopic (exact) mass is 237 g/mol. The van der Waals surface area contributed by atoms with Gasteiger partial charge in [-0.2, -0.15) is 0 Å². The van der Waals surface area contributed by atoms with Gasteiger partial charge < -0.3 is 4.90 Å². The predicted molar refractivity (Wildman–Crippen MR) is 71.0 cm³/mol. The molecule has 0 atom stereocenters. The summed E-state index contributed by atoms with van der Waals surface area (Å²) >= 11 is 0. The van der Waals surface area contributed by atoms with E-state index in [0.29, 0.717) is 11.2 Å². The molecular weight excluding hydrogens is 210 g/mol. The van der Waals surface area contributed by atoms with Gasteiger partial charge in [0, 0.05) is 12.0 Å². The Hall–Kier alpha value is -0.370. The molecule has 1 spiro atoms. The first-order valence-electron chi connectivity index (χ1n) is 7.17. The van der Waals surface area contributed by atoms with E-state index in [1.165, 1.54) is 51.6 Å². The lowest BCUT2D eigenvalue weighted by Crippen LogP contribution is -2.44. The Bertz CT molecular complexity index is 279. The van der Waals surface area contributed by atoms with Crippen molar-refractivity contribution in [2.45, 2.75) is 59.3 Å². The molecule has 1 aliphatic heterocycles. The van der Waals surface area contributed by atoms with Crippen molar-refractivity contribution in [2.24, 2.45) is 10.8 Å². The van der Waals surface area contributed by atoms with Crippen LogP contribution in [-0.2, 0) is 4.79 Å². The van der Waals surface area contributed by atoms with Crippen molar-refractivity contribution in [1.82, 2.24) is 4.90 Å². The third kappa shape index (κ3) is 2.90. The summed E-state index contributed by atoms with van der Waals surface area (Å²) in [6.45, 7) is 9.23. The molecule has 2 fully saturated rings. The van der Waals surface area contributed by atoms with Gasteiger partial charge >= 0.3 is 0 Å². The normalized spacial score (nSPS) is 25.4. The van der Waals surface area contributed by atoms with Gasteiger partial charge in [-0.15, -0.1) is 0 Å². The SMILES string of the molecule is CC(=O)C(C)(C)CN1CCC2(CCCC2)CC1. The number of Topliss-reactive ketones (excluding diaryl/α,β-unsaturated/α-hetero) is 1. The molecule has 98 valence electrons. The highest BCUT2D eigenvalue weighted by atomic mass is 16.1. The van der Waals surface area contributed by atoms with Gasteiger partial charge in [-0.1, -0.05) is 26.7 Å². The number of hydrogen-bond acceptors (Lipinski definition) is 2. The maximum atomic E-state index is 11.6. The quantitative estimate of drug-likeness (QED) is 0.751. The molecule has 1 aliphatic carbocycles. The van der Waals surface area contributed by atoms with E-state index in [-0.39, 0.29) is 5.41 Å². The highest BCUT2D eigenvalue weighted by Gasteiger charge is 2.38. The second kappa shape index (κ2) is 4.72. The minimum absolute atomic E-state index is 0.166. The van der Waals surface area contributed by atoms with Crippen molar-refractivity contribution in [3.05, 3.63) is 0 Å². The van der Waals surface area contributed by atoms with Crippen LogP contribution in [0.3, 0.4) is 0 Å². The Labute approximate surface area is 106 Å². The Kier molecular flexibility index (Phi) is 3.63. The van der Waals surface area contributed by atoms with E-state index in [0.717, 1.165) is 6.54 Å². The van der Waals surface area contributed by atoms with Crippen LogP contribution in [0.2, 0.25) is 0 Å². The summed E-state index contributed by atoms with van der Waals surface area (Å²) in [6.07, 6.45) is 8.52. The molecule has 0 amide bonds. The summed E-state index contributed by atoms with van der Waals surface area (Å²) in [6, 6.07) is 0. The van der Waals surface area contributed by atoms with E-state index >= 15 is 0 Å². The van der Waals surface area contributed by atoms with Crippen LogP contribution < -0.4 is 0 Å². The molecule has 2 nitrogen and oxygen atoms in total. The number of rotatable bonds is 3. The largest absolute Gasteiger partial charge is 0.302 e. The highest BCUT2D eigenvalue weighted by Crippen LogP contribution is 2.46. The summed E-state index contributed by atoms with van der Waals surface area (Å²) in [4.78, 5) is 14.1. The Morgan fingerprint density at radius 3 is 2.12 bits per heavy atom. The van der Waals surface area contributed by atoms with Crippen LogP contribution in [0, 0.1) is 10.8 Å². The number of nitrogens with zero attached hydrogens (tertiary/aromatic N) is 1. The fourth-order valence-corrected chi connectivity index (χ4v) is 3.48. The topological polar surface area (TPSA) is 20.3 Å². The van der Waals surface area contributed by atoms with Gasteiger partial charge in [0.05, 0.1) is 0 Å². The van der Waals surface area contributed by atoms with Crippen LogP contribution in [0.1, 0.15) is 59.3 Å². The molecule has 2 heteroatoms. The van der Waals surface area contributed by atoms with Crippen molar-refractivity contribution in [2.75, 3.05) is 19.6 Å². The van der Waals surface area contributed by atoms with Gasteiger partial charge in [-0.25, -0.2) is 0 Å². The van der Waals surface area contributed by atoms with Crippen LogP contribution in [0.4, 0.5) is 0 Å². The number of likely N-dealkylation sites (tertiary alicyclic amines) is 1. The minimum Gasteiger partial charge on any atom is -0.302 e. The molecule has 0 radical (unpaired) electrons. The third-order valence-electron chi connectivity index (χ3n) is 5.15. The van der Waals surface area contributed by atoms with Crippen molar-refractivity contribution >= 4 is 5.78 Å². The molecule has 0 N–H and O–H groups in total. The highest BCUT2D eigenvalue weighted by molar-refractivity contribution is 5.81. The second-order valence-electron chi connectivity index (χ2n) is 6.92. The number of ketones is 1. The lowest BCUT2D eigenvalue weighted by molar-refractivity contribution is -0.126. The third-order valence-corrected chi connectivity index (χ3v) is 5.15. The van der Waals surface area contributed by atoms with E-state index in [1.807, 2.05) is 0 Å². The summed E-state index contributed by atoms with van der Waals surface area (Å²) in [7, 11) is 0. The maximum Gasteiger partial charge on any atom is 0.136 e. The molecule has 2 rings (SSSR count). The Morgan fingerprint density at radius 2 is 1.65 bits per heavy atom. The van der Waals surface area contributed by atoms with E-state index in [1.54, 1.807) is 6.92 Å². The average molecular weight is 237 g/mol. The van der Waals surface area contributed by atoms with Crippen LogP contribution in [0.15, 0.2) is 0 Å². The van der Waals surface area contributed by atoms with Gasteiger partial charge in [0.25, 0.3) is 0 Å². The molecular formula is C15H27NO. The molecule has 0 unspecified atom stereocenters. The first-order chi connectivity index (χ1) is 7.94. The van der Waals surface area contributed by atoms with Crippen LogP contribution in [-0.4, -0.2) is 30.3 Å². The van der Waals surface area contributed by atoms with Crippen molar-refractivity contribution in [3.8, 4) is 0 Å². The molecule has 2 aliphatic rings. The van der Waals surface area contributed by atoms with Crippen LogP contribution in [0.5, 0.6) is 0 Å². The van der Waals surface area contributed by atoms with Crippen LogP contribution in [0.25, 0.3) is 0 Å². The number of carbonyl (C=O) groups excluding carboxylic acids is 1. The lowest BCUT2D eigenvalue weighted by Gasteiger charge is -2.41. The van der Waals surface area contributed by atoms with Crippen molar-refractivity contribution in [3.63, 3.8) is 0 Å². The van der Waals surface area contributed by atoms with E-state index in [2.05, 4.69) is 18.7 Å². The zero-order chi connectivity index (χ0) is 12.5. The fraction of sp³-hybridized carbons (Fsp3) is 0.933. The summed E-state index contributed by atoms with van der Waals surface area (Å²) in [5, 5.41) is 0. The molecule has 0 aromatic heterocycles. The summed E-state index contributed by atoms with van der Waals surface area (Å²) in [5.74, 6) is 0.318. The molecule has 1 saturated carbocycles. The number of carbonyl (C=O) groups is 1. The lowest BCUT2D eigenvalue weighted by atomic mass is 9.76. The molecule has 1 saturated heterocycles. The number of piperidine rings is 1. The number of hydrogen-bond donors (Lipinski definition) is 0. The molecule has 0 aromatic carbocycles. The van der Waals surface area contributed by atoms with Gasteiger partial charge in [0.2, 0.25) is 0 Å². The smallest absolute Gasteiger partial charge is 0.136 e. The first kappa shape index (κ1) is 13.1. The first-order valence-corrected chi connectivity index (χ1v) is 7.17. The summed E-state index contributed by atoms with van der Waals surface area (Å²) < 4.78 is 0. The van der Waals surface area contributed by atoms with Gasteiger partial charge in [0.15, 0.2) is 0 Å². The van der Waals surface area contributed by atoms with E-state index in [9.17, 15) is 4.79 Å². The Balaban J connectivity index is 1.85. The van der Waals surface area contributed by atoms with Gasteiger partial charge in [-0.05, 0) is 51.1 Å². The fourth-order valence-electron chi connectivity index (χ4n) is 3.48. The van der Waals surface area contributed by atoms with Crippen molar-refractivity contribution in [1.29, 1.82) is 0 Å². The second-order valence-corrected chi connectivity index (χ2v) is 6.92. The zero-order valence-electron chi connectivity index (χ0n) is 11.7. The van der Waals surface area contributed by atoms with Crippen LogP contribution >= 0.6 is 0 Å². The predicted octanol–water partition coefficient (Wildman–Crippen LogP) is 3.26. The van der Waals surface area contributed by atoms with Crippen molar-refractivity contribution < 1.29 is 4.79 Å². The van der Waals surface area contributed by atoms with E-state index < -0.39 is 0 Å². The molecule has 1 heterocycles. The minimum atomic E-state index is -0.166. The standard InChI is InChI=1S/C15H27NO/c1-13(17)14(2,3)12-16-10-8-15(9-11-16)6-4-5-7-15/h4-12H2,1-3H3. The van der Waals surface area contributed by atoms with Gasteiger partial charge in [0.1, 0.15) is 5.78 Å². The molecule has 0 bridgehead atoms. The Morgan fingerprint density at radius 1 is 1.12 bits per heavy atom. The zero-order valence-corrected chi connectivity index (χ0v) is 11.7. The molecule has 0 aromatic rings. The summed E-state index contributed by atoms with van der Waals surface area (Å²) in [5.41, 5.74) is 0.525. The molecule has 17 heavy (non-hydrogen) atoms. The van der Waals surface area contributed by atoms with Gasteiger partial charge in [-0.3, -0.25) is 4.79 Å². The van der Waals surface area contributed by atoms with E-state index in [4.69, 9.17) is 0 Å². The maximum absolute atomic E-state index is 11.6. The average Bonchev–Trinajstić information content (AvgIpc) is 2.70.